The third-order valence-corrected chi connectivity index (χ3v) is 2.41. The highest BCUT2D eigenvalue weighted by atomic mass is 32.1. The van der Waals surface area contributed by atoms with Crippen molar-refractivity contribution in [2.45, 2.75) is 0 Å². The molecule has 1 rings (SSSR count). The Bertz CT molecular complexity index is 545. The van der Waals surface area contributed by atoms with E-state index in [0.717, 1.165) is 9.13 Å². The molecule has 0 fully saturated rings. The number of nitrogens with zero attached hydrogens (tertiary/aromatic N) is 2. The number of hydrogen-bond donors (Lipinski definition) is 3. The van der Waals surface area contributed by atoms with E-state index in [1.54, 1.807) is 0 Å². The van der Waals surface area contributed by atoms with Crippen LogP contribution in [-0.4, -0.2) is 20.8 Å². The molecule has 16 heavy (non-hydrogen) atoms. The Morgan fingerprint density at radius 2 is 1.94 bits per heavy atom. The lowest BCUT2D eigenvalue weighted by Gasteiger charge is -2.11. The maximum absolute atomic E-state index is 11.6. The smallest absolute Gasteiger partial charge is 0.332 e. The molecule has 0 bridgehead atoms. The first-order valence-corrected chi connectivity index (χ1v) is 4.99. The lowest BCUT2D eigenvalue weighted by Crippen LogP contribution is -2.40. The predicted octanol–water partition coefficient (Wildman–Crippen LogP) is -1.47. The van der Waals surface area contributed by atoms with Crippen molar-refractivity contribution in [3.8, 4) is 0 Å². The van der Waals surface area contributed by atoms with Crippen LogP contribution >= 0.6 is 12.6 Å². The Labute approximate surface area is 96.3 Å². The largest absolute Gasteiger partial charge is 0.383 e. The van der Waals surface area contributed by atoms with Gasteiger partial charge in [0.1, 0.15) is 11.5 Å². The average Bonchev–Trinajstić information content (AvgIpc) is 2.29. The van der Waals surface area contributed by atoms with Crippen LogP contribution in [0, 0.1) is 0 Å². The molecule has 0 aromatic carbocycles. The van der Waals surface area contributed by atoms with Crippen molar-refractivity contribution in [1.29, 1.82) is 0 Å². The summed E-state index contributed by atoms with van der Waals surface area (Å²) in [6.45, 7) is 0. The number of anilines is 2. The van der Waals surface area contributed by atoms with Gasteiger partial charge in [0.15, 0.2) is 0 Å². The molecule has 0 aliphatic carbocycles. The van der Waals surface area contributed by atoms with Crippen LogP contribution in [0.3, 0.4) is 0 Å². The number of aromatic nitrogens is 2. The summed E-state index contributed by atoms with van der Waals surface area (Å²) in [5.74, 6) is -0.625. The SMILES string of the molecule is Cn1c(N)c(NC(=O)CS)c(=O)n(C)c1=O. The van der Waals surface area contributed by atoms with Gasteiger partial charge >= 0.3 is 5.69 Å². The van der Waals surface area contributed by atoms with Gasteiger partial charge in [-0.05, 0) is 0 Å². The lowest BCUT2D eigenvalue weighted by molar-refractivity contribution is -0.113. The maximum Gasteiger partial charge on any atom is 0.332 e. The second-order valence-electron chi connectivity index (χ2n) is 3.17. The third kappa shape index (κ3) is 1.96. The summed E-state index contributed by atoms with van der Waals surface area (Å²) in [4.78, 5) is 34.2. The van der Waals surface area contributed by atoms with E-state index in [2.05, 4.69) is 17.9 Å². The number of thiol groups is 1. The van der Waals surface area contributed by atoms with Crippen LogP contribution in [-0.2, 0) is 18.9 Å². The zero-order chi connectivity index (χ0) is 12.5. The standard InChI is InChI=1S/C8H12N4O3S/c1-11-6(9)5(10-4(13)3-16)7(14)12(2)8(11)15/h16H,3,9H2,1-2H3,(H,10,13). The van der Waals surface area contributed by atoms with E-state index in [1.807, 2.05) is 0 Å². The highest BCUT2D eigenvalue weighted by Crippen LogP contribution is 2.08. The van der Waals surface area contributed by atoms with Crippen LogP contribution in [0.25, 0.3) is 0 Å². The number of carbonyl (C=O) groups excluding carboxylic acids is 1. The van der Waals surface area contributed by atoms with Crippen LogP contribution in [0.15, 0.2) is 9.59 Å². The van der Waals surface area contributed by atoms with Crippen molar-refractivity contribution in [2.75, 3.05) is 16.8 Å². The molecule has 0 aliphatic heterocycles. The number of nitrogen functional groups attached to an aromatic ring is 1. The van der Waals surface area contributed by atoms with Crippen LogP contribution in [0.1, 0.15) is 0 Å². The lowest BCUT2D eigenvalue weighted by atomic mass is 10.4. The van der Waals surface area contributed by atoms with Gasteiger partial charge in [0.05, 0.1) is 5.75 Å². The van der Waals surface area contributed by atoms with Crippen molar-refractivity contribution in [3.63, 3.8) is 0 Å². The first-order chi connectivity index (χ1) is 7.40. The molecule has 1 aromatic rings. The van der Waals surface area contributed by atoms with Gasteiger partial charge in [0.25, 0.3) is 5.56 Å². The Hall–Kier alpha value is -1.70. The van der Waals surface area contributed by atoms with Crippen molar-refractivity contribution in [3.05, 3.63) is 20.8 Å². The first kappa shape index (κ1) is 12.4. The Morgan fingerprint density at radius 3 is 2.44 bits per heavy atom. The van der Waals surface area contributed by atoms with Gasteiger partial charge in [0.2, 0.25) is 5.91 Å². The van der Waals surface area contributed by atoms with Crippen LogP contribution in [0.5, 0.6) is 0 Å². The number of carbonyl (C=O) groups is 1. The molecule has 7 nitrogen and oxygen atoms in total. The minimum absolute atomic E-state index is 0.0779. The molecule has 1 heterocycles. The molecule has 88 valence electrons. The van der Waals surface area contributed by atoms with Gasteiger partial charge in [-0.1, -0.05) is 0 Å². The van der Waals surface area contributed by atoms with Gasteiger partial charge in [-0.3, -0.25) is 18.7 Å². The molecule has 0 aliphatic rings. The van der Waals surface area contributed by atoms with E-state index < -0.39 is 17.2 Å². The van der Waals surface area contributed by atoms with Crippen LogP contribution in [0.4, 0.5) is 11.5 Å². The normalized spacial score (nSPS) is 10.2. The number of nitrogens with two attached hydrogens (primary N) is 1. The average molecular weight is 244 g/mol. The number of nitrogens with one attached hydrogen (secondary N) is 1. The zero-order valence-electron chi connectivity index (χ0n) is 8.85. The van der Waals surface area contributed by atoms with Gasteiger partial charge in [-0.25, -0.2) is 4.79 Å². The van der Waals surface area contributed by atoms with Crippen LogP contribution in [0.2, 0.25) is 0 Å². The molecular weight excluding hydrogens is 232 g/mol. The number of rotatable bonds is 2. The molecule has 0 atom stereocenters. The second kappa shape index (κ2) is 4.44. The van der Waals surface area contributed by atoms with Gasteiger partial charge in [0, 0.05) is 14.1 Å². The molecule has 3 N–H and O–H groups in total. The molecule has 1 amide bonds. The van der Waals surface area contributed by atoms with Crippen molar-refractivity contribution in [1.82, 2.24) is 9.13 Å². The highest BCUT2D eigenvalue weighted by Gasteiger charge is 2.14. The van der Waals surface area contributed by atoms with Gasteiger partial charge < -0.3 is 11.1 Å². The van der Waals surface area contributed by atoms with E-state index in [1.165, 1.54) is 14.1 Å². The highest BCUT2D eigenvalue weighted by molar-refractivity contribution is 7.81. The minimum Gasteiger partial charge on any atom is -0.383 e. The third-order valence-electron chi connectivity index (χ3n) is 2.12. The van der Waals surface area contributed by atoms with Crippen LogP contribution < -0.4 is 22.3 Å². The maximum atomic E-state index is 11.6. The van der Waals surface area contributed by atoms with Crippen molar-refractivity contribution >= 4 is 30.0 Å². The van der Waals surface area contributed by atoms with E-state index in [4.69, 9.17) is 5.73 Å². The molecule has 0 spiro atoms. The van der Waals surface area contributed by atoms with E-state index >= 15 is 0 Å². The van der Waals surface area contributed by atoms with Gasteiger partial charge in [-0.2, -0.15) is 12.6 Å². The first-order valence-electron chi connectivity index (χ1n) is 4.36. The fourth-order valence-electron chi connectivity index (χ4n) is 1.16. The zero-order valence-corrected chi connectivity index (χ0v) is 9.75. The molecule has 0 radical (unpaired) electrons. The second-order valence-corrected chi connectivity index (χ2v) is 3.49. The summed E-state index contributed by atoms with van der Waals surface area (Å²) < 4.78 is 1.94. The molecule has 0 saturated heterocycles. The quantitative estimate of drug-likeness (QED) is 0.553. The van der Waals surface area contributed by atoms with E-state index in [-0.39, 0.29) is 17.3 Å². The van der Waals surface area contributed by atoms with E-state index in [0.29, 0.717) is 0 Å². The van der Waals surface area contributed by atoms with E-state index in [9.17, 15) is 14.4 Å². The predicted molar refractivity (Wildman–Crippen MR) is 63.8 cm³/mol. The molecular formula is C8H12N4O3S. The fraction of sp³-hybridized carbons (Fsp3) is 0.375. The van der Waals surface area contributed by atoms with Crippen molar-refractivity contribution < 1.29 is 4.79 Å². The number of amides is 1. The summed E-state index contributed by atoms with van der Waals surface area (Å²) in [5.41, 5.74) is 4.27. The fourth-order valence-corrected chi connectivity index (χ4v) is 1.24. The molecule has 1 aromatic heterocycles. The summed E-state index contributed by atoms with van der Waals surface area (Å²) in [6.07, 6.45) is 0. The monoisotopic (exact) mass is 244 g/mol. The summed E-state index contributed by atoms with van der Waals surface area (Å²) >= 11 is 3.76. The topological polar surface area (TPSA) is 99.1 Å². The summed E-state index contributed by atoms with van der Waals surface area (Å²) in [5, 5.41) is 2.30. The molecule has 0 unspecified atom stereocenters. The Kier molecular flexibility index (Phi) is 3.43. The number of hydrogen-bond acceptors (Lipinski definition) is 5. The Balaban J connectivity index is 3.46. The molecule has 0 saturated carbocycles. The van der Waals surface area contributed by atoms with Gasteiger partial charge in [-0.15, -0.1) is 0 Å². The Morgan fingerprint density at radius 1 is 1.38 bits per heavy atom. The summed E-state index contributed by atoms with van der Waals surface area (Å²) in [6, 6.07) is 0. The minimum atomic E-state index is -0.643. The summed E-state index contributed by atoms with van der Waals surface area (Å²) in [7, 11) is 2.72. The van der Waals surface area contributed by atoms with Crippen molar-refractivity contribution in [2.24, 2.45) is 14.1 Å². The molecule has 8 heteroatoms.